The molecule has 132 valence electrons. The Balaban J connectivity index is 1.69. The van der Waals surface area contributed by atoms with Crippen molar-refractivity contribution in [1.29, 1.82) is 0 Å². The number of methoxy groups -OCH3 is 1. The van der Waals surface area contributed by atoms with Gasteiger partial charge in [0.15, 0.2) is 5.69 Å². The number of carbonyl (C=O) groups excluding carboxylic acids is 1. The number of anilines is 1. The van der Waals surface area contributed by atoms with Crippen LogP contribution in [0, 0.1) is 0 Å². The number of hydrogen-bond acceptors (Lipinski definition) is 5. The summed E-state index contributed by atoms with van der Waals surface area (Å²) in [5.41, 5.74) is 1.19. The van der Waals surface area contributed by atoms with Crippen LogP contribution in [0.25, 0.3) is 0 Å². The number of nitrogens with zero attached hydrogens (tertiary/aromatic N) is 3. The molecule has 2 aromatic rings. The van der Waals surface area contributed by atoms with Crippen LogP contribution in [0.1, 0.15) is 35.0 Å². The Morgan fingerprint density at radius 2 is 2.04 bits per heavy atom. The van der Waals surface area contributed by atoms with Gasteiger partial charge in [-0.25, -0.2) is 9.97 Å². The van der Waals surface area contributed by atoms with Gasteiger partial charge in [-0.3, -0.25) is 4.79 Å². The Hall–Kier alpha value is -2.18. The van der Waals surface area contributed by atoms with Crippen LogP contribution in [-0.2, 0) is 4.74 Å². The van der Waals surface area contributed by atoms with Crippen molar-refractivity contribution >= 4 is 23.5 Å². The van der Waals surface area contributed by atoms with E-state index in [0.29, 0.717) is 12.5 Å². The molecule has 25 heavy (non-hydrogen) atoms. The van der Waals surface area contributed by atoms with E-state index in [4.69, 9.17) is 16.3 Å². The number of rotatable bonds is 6. The second-order valence-electron chi connectivity index (χ2n) is 5.91. The number of ether oxygens (including phenoxy) is 1. The van der Waals surface area contributed by atoms with E-state index in [1.807, 2.05) is 30.3 Å². The van der Waals surface area contributed by atoms with Gasteiger partial charge in [0.2, 0.25) is 5.95 Å². The third kappa shape index (κ3) is 4.27. The first-order chi connectivity index (χ1) is 12.2. The largest absolute Gasteiger partial charge is 0.375 e. The molecular formula is C18H21ClN4O2. The molecular weight excluding hydrogens is 340 g/mol. The zero-order valence-electron chi connectivity index (χ0n) is 14.1. The minimum absolute atomic E-state index is 0.196. The van der Waals surface area contributed by atoms with Gasteiger partial charge < -0.3 is 15.0 Å². The van der Waals surface area contributed by atoms with Crippen LogP contribution in [-0.4, -0.2) is 42.6 Å². The van der Waals surface area contributed by atoms with Gasteiger partial charge in [-0.15, -0.1) is 0 Å². The van der Waals surface area contributed by atoms with Gasteiger partial charge in [-0.05, 0) is 18.4 Å². The number of carbonyl (C=O) groups is 1. The van der Waals surface area contributed by atoms with Gasteiger partial charge in [0.05, 0.1) is 17.3 Å². The molecule has 6 nitrogen and oxygen atoms in total. The number of nitrogens with one attached hydrogen (secondary N) is 1. The SMILES string of the molecule is COC(CNC(=O)c1nc(N2CCCC2)ncc1Cl)c1ccccc1. The molecule has 0 aliphatic carbocycles. The molecule has 0 saturated carbocycles. The van der Waals surface area contributed by atoms with Gasteiger partial charge in [-0.1, -0.05) is 41.9 Å². The molecule has 1 atom stereocenters. The molecule has 1 aliphatic heterocycles. The van der Waals surface area contributed by atoms with E-state index in [2.05, 4.69) is 20.2 Å². The number of halogens is 1. The highest BCUT2D eigenvalue weighted by molar-refractivity contribution is 6.33. The van der Waals surface area contributed by atoms with Crippen molar-refractivity contribution in [2.24, 2.45) is 0 Å². The molecule has 1 aromatic heterocycles. The predicted octanol–water partition coefficient (Wildman–Crippen LogP) is 2.85. The van der Waals surface area contributed by atoms with E-state index in [1.165, 1.54) is 6.20 Å². The average Bonchev–Trinajstić information content (AvgIpc) is 3.18. The Kier molecular flexibility index (Phi) is 5.83. The molecule has 7 heteroatoms. The smallest absolute Gasteiger partial charge is 0.271 e. The first-order valence-corrected chi connectivity index (χ1v) is 8.70. The summed E-state index contributed by atoms with van der Waals surface area (Å²) in [6.07, 6.45) is 3.48. The van der Waals surface area contributed by atoms with Gasteiger partial charge in [0.25, 0.3) is 5.91 Å². The molecule has 1 unspecified atom stereocenters. The van der Waals surface area contributed by atoms with Crippen molar-refractivity contribution in [2.45, 2.75) is 18.9 Å². The standard InChI is InChI=1S/C18H21ClN4O2/c1-25-15(13-7-3-2-4-8-13)12-20-17(24)16-14(19)11-21-18(22-16)23-9-5-6-10-23/h2-4,7-8,11,15H,5-6,9-10,12H2,1H3,(H,20,24). The van der Waals surface area contributed by atoms with Gasteiger partial charge in [-0.2, -0.15) is 0 Å². The number of benzene rings is 1. The first-order valence-electron chi connectivity index (χ1n) is 8.32. The maximum absolute atomic E-state index is 12.5. The van der Waals surface area contributed by atoms with E-state index in [0.717, 1.165) is 31.5 Å². The van der Waals surface area contributed by atoms with Crippen molar-refractivity contribution in [1.82, 2.24) is 15.3 Å². The Morgan fingerprint density at radius 1 is 1.32 bits per heavy atom. The molecule has 1 N–H and O–H groups in total. The summed E-state index contributed by atoms with van der Waals surface area (Å²) in [7, 11) is 1.62. The second kappa shape index (κ2) is 8.27. The van der Waals surface area contributed by atoms with Crippen LogP contribution in [0.2, 0.25) is 5.02 Å². The van der Waals surface area contributed by atoms with Crippen LogP contribution in [0.3, 0.4) is 0 Å². The molecule has 2 heterocycles. The second-order valence-corrected chi connectivity index (χ2v) is 6.31. The summed E-state index contributed by atoms with van der Waals surface area (Å²) in [5, 5.41) is 3.09. The maximum atomic E-state index is 12.5. The number of aromatic nitrogens is 2. The average molecular weight is 361 g/mol. The molecule has 0 bridgehead atoms. The lowest BCUT2D eigenvalue weighted by molar-refractivity contribution is 0.0824. The van der Waals surface area contributed by atoms with Gasteiger partial charge in [0, 0.05) is 26.7 Å². The molecule has 1 aromatic carbocycles. The van der Waals surface area contributed by atoms with Crippen LogP contribution < -0.4 is 10.2 Å². The highest BCUT2D eigenvalue weighted by Gasteiger charge is 2.20. The van der Waals surface area contributed by atoms with E-state index in [1.54, 1.807) is 7.11 Å². The monoisotopic (exact) mass is 360 g/mol. The first kappa shape index (κ1) is 17.6. The minimum atomic E-state index is -0.328. The zero-order chi connectivity index (χ0) is 17.6. The summed E-state index contributed by atoms with van der Waals surface area (Å²) in [5.74, 6) is 0.226. The minimum Gasteiger partial charge on any atom is -0.375 e. The Bertz CT molecular complexity index is 720. The highest BCUT2D eigenvalue weighted by atomic mass is 35.5. The third-order valence-corrected chi connectivity index (χ3v) is 4.52. The van der Waals surface area contributed by atoms with Crippen LogP contribution in [0.15, 0.2) is 36.5 Å². The van der Waals surface area contributed by atoms with Gasteiger partial charge >= 0.3 is 0 Å². The van der Waals surface area contributed by atoms with Gasteiger partial charge in [0.1, 0.15) is 0 Å². The quantitative estimate of drug-likeness (QED) is 0.858. The van der Waals surface area contributed by atoms with E-state index in [-0.39, 0.29) is 22.7 Å². The third-order valence-electron chi connectivity index (χ3n) is 4.24. The van der Waals surface area contributed by atoms with E-state index >= 15 is 0 Å². The van der Waals surface area contributed by atoms with Crippen molar-refractivity contribution in [3.05, 3.63) is 52.8 Å². The fourth-order valence-corrected chi connectivity index (χ4v) is 3.04. The van der Waals surface area contributed by atoms with E-state index < -0.39 is 0 Å². The van der Waals surface area contributed by atoms with Crippen LogP contribution >= 0.6 is 11.6 Å². The summed E-state index contributed by atoms with van der Waals surface area (Å²) >= 11 is 6.13. The maximum Gasteiger partial charge on any atom is 0.271 e. The van der Waals surface area contributed by atoms with Crippen molar-refractivity contribution < 1.29 is 9.53 Å². The lowest BCUT2D eigenvalue weighted by Crippen LogP contribution is -2.31. The molecule has 1 fully saturated rings. The van der Waals surface area contributed by atoms with Crippen LogP contribution in [0.5, 0.6) is 0 Å². The summed E-state index contributed by atoms with van der Waals surface area (Å²) in [6.45, 7) is 2.14. The zero-order valence-corrected chi connectivity index (χ0v) is 14.9. The highest BCUT2D eigenvalue weighted by Crippen LogP contribution is 2.20. The summed E-state index contributed by atoms with van der Waals surface area (Å²) < 4.78 is 5.47. The van der Waals surface area contributed by atoms with Crippen molar-refractivity contribution in [3.8, 4) is 0 Å². The molecule has 1 saturated heterocycles. The van der Waals surface area contributed by atoms with Crippen molar-refractivity contribution in [2.75, 3.05) is 31.6 Å². The Morgan fingerprint density at radius 3 is 2.72 bits per heavy atom. The fourth-order valence-electron chi connectivity index (χ4n) is 2.86. The number of hydrogen-bond donors (Lipinski definition) is 1. The summed E-state index contributed by atoms with van der Waals surface area (Å²) in [4.78, 5) is 23.2. The molecule has 1 amide bonds. The topological polar surface area (TPSA) is 67.3 Å². The number of amides is 1. The van der Waals surface area contributed by atoms with Crippen molar-refractivity contribution in [3.63, 3.8) is 0 Å². The molecule has 0 spiro atoms. The van der Waals surface area contributed by atoms with E-state index in [9.17, 15) is 4.79 Å². The normalized spacial score (nSPS) is 15.2. The molecule has 1 aliphatic rings. The fraction of sp³-hybridized carbons (Fsp3) is 0.389. The molecule has 0 radical (unpaired) electrons. The Labute approximate surface area is 152 Å². The summed E-state index contributed by atoms with van der Waals surface area (Å²) in [6, 6.07) is 9.74. The lowest BCUT2D eigenvalue weighted by Gasteiger charge is -2.18. The van der Waals surface area contributed by atoms with Crippen LogP contribution in [0.4, 0.5) is 5.95 Å². The predicted molar refractivity (Wildman–Crippen MR) is 97.0 cm³/mol. The lowest BCUT2D eigenvalue weighted by atomic mass is 10.1. The molecule has 3 rings (SSSR count).